The van der Waals surface area contributed by atoms with Gasteiger partial charge in [-0.1, -0.05) is 16.6 Å². The number of nitrogens with one attached hydrogen (secondary N) is 1. The zero-order valence-corrected chi connectivity index (χ0v) is 12.8. The predicted molar refractivity (Wildman–Crippen MR) is 85.1 cm³/mol. The maximum atomic E-state index is 12.3. The molecule has 3 rings (SSSR count). The second-order valence-corrected chi connectivity index (χ2v) is 5.96. The molecular formula is C15H18N4OS. The van der Waals surface area contributed by atoms with Crippen molar-refractivity contribution < 1.29 is 4.79 Å². The number of hydrogen-bond donors (Lipinski definition) is 1. The summed E-state index contributed by atoms with van der Waals surface area (Å²) in [6.07, 6.45) is 3.71. The largest absolute Gasteiger partial charge is 0.370 e. The zero-order chi connectivity index (χ0) is 14.7. The minimum Gasteiger partial charge on any atom is -0.370 e. The molecule has 1 aromatic heterocycles. The third kappa shape index (κ3) is 3.05. The quantitative estimate of drug-likeness (QED) is 0.946. The van der Waals surface area contributed by atoms with Crippen LogP contribution in [-0.2, 0) is 0 Å². The summed E-state index contributed by atoms with van der Waals surface area (Å²) in [5.41, 5.74) is 2.63. The highest BCUT2D eigenvalue weighted by molar-refractivity contribution is 7.08. The van der Waals surface area contributed by atoms with Gasteiger partial charge in [-0.15, -0.1) is 5.10 Å². The lowest BCUT2D eigenvalue weighted by molar-refractivity contribution is 0.103. The van der Waals surface area contributed by atoms with Crippen molar-refractivity contribution in [2.24, 2.45) is 0 Å². The van der Waals surface area contributed by atoms with E-state index in [1.807, 2.05) is 18.2 Å². The standard InChI is InChI=1S/C15H18N4OS/c1-11-14(21-18-17-11)15(20)16-12-7-3-4-8-13(12)19-9-5-2-6-10-19/h3-4,7-8H,2,5-6,9-10H2,1H3,(H,16,20). The van der Waals surface area contributed by atoms with Crippen LogP contribution in [0.3, 0.4) is 0 Å². The smallest absolute Gasteiger partial charge is 0.269 e. The number of amides is 1. The van der Waals surface area contributed by atoms with Crippen LogP contribution >= 0.6 is 11.5 Å². The summed E-state index contributed by atoms with van der Waals surface area (Å²) >= 11 is 1.13. The van der Waals surface area contributed by atoms with Crippen molar-refractivity contribution in [3.8, 4) is 0 Å². The maximum absolute atomic E-state index is 12.3. The third-order valence-electron chi connectivity index (χ3n) is 3.71. The Kier molecular flexibility index (Phi) is 4.15. The minimum atomic E-state index is -0.132. The zero-order valence-electron chi connectivity index (χ0n) is 12.0. The number of aryl methyl sites for hydroxylation is 1. The number of nitrogens with zero attached hydrogens (tertiary/aromatic N) is 3. The number of carbonyl (C=O) groups is 1. The van der Waals surface area contributed by atoms with Crippen molar-refractivity contribution in [1.29, 1.82) is 0 Å². The molecule has 0 bridgehead atoms. The first-order valence-corrected chi connectivity index (χ1v) is 7.97. The van der Waals surface area contributed by atoms with Crippen LogP contribution in [0.5, 0.6) is 0 Å². The molecule has 2 heterocycles. The first-order chi connectivity index (χ1) is 10.3. The number of rotatable bonds is 3. The van der Waals surface area contributed by atoms with Crippen LogP contribution in [0.25, 0.3) is 0 Å². The van der Waals surface area contributed by atoms with Crippen molar-refractivity contribution in [1.82, 2.24) is 9.59 Å². The highest BCUT2D eigenvalue weighted by atomic mass is 32.1. The maximum Gasteiger partial charge on any atom is 0.269 e. The molecule has 2 aromatic rings. The molecule has 1 aromatic carbocycles. The Morgan fingerprint density at radius 2 is 2.00 bits per heavy atom. The first-order valence-electron chi connectivity index (χ1n) is 7.20. The van der Waals surface area contributed by atoms with Gasteiger partial charge in [-0.25, -0.2) is 0 Å². The number of anilines is 2. The Morgan fingerprint density at radius 1 is 1.24 bits per heavy atom. The lowest BCUT2D eigenvalue weighted by Gasteiger charge is -2.30. The monoisotopic (exact) mass is 302 g/mol. The van der Waals surface area contributed by atoms with Gasteiger partial charge in [0, 0.05) is 13.1 Å². The molecule has 1 aliphatic heterocycles. The molecule has 0 aliphatic carbocycles. The molecule has 1 N–H and O–H groups in total. The molecule has 0 spiro atoms. The van der Waals surface area contributed by atoms with Crippen LogP contribution in [0, 0.1) is 6.92 Å². The molecule has 1 fully saturated rings. The van der Waals surface area contributed by atoms with Crippen molar-refractivity contribution in [3.63, 3.8) is 0 Å². The molecule has 21 heavy (non-hydrogen) atoms. The summed E-state index contributed by atoms with van der Waals surface area (Å²) < 4.78 is 3.82. The van der Waals surface area contributed by atoms with E-state index in [0.717, 1.165) is 36.0 Å². The Labute approximate surface area is 128 Å². The van der Waals surface area contributed by atoms with Gasteiger partial charge in [0.15, 0.2) is 0 Å². The van der Waals surface area contributed by atoms with E-state index in [4.69, 9.17) is 0 Å². The van der Waals surface area contributed by atoms with Gasteiger partial charge in [0.05, 0.1) is 17.1 Å². The van der Waals surface area contributed by atoms with Crippen molar-refractivity contribution in [2.75, 3.05) is 23.3 Å². The van der Waals surface area contributed by atoms with Crippen LogP contribution in [0.15, 0.2) is 24.3 Å². The van der Waals surface area contributed by atoms with Crippen molar-refractivity contribution >= 4 is 28.8 Å². The van der Waals surface area contributed by atoms with Crippen LogP contribution in [0.1, 0.15) is 34.6 Å². The number of piperidine rings is 1. The van der Waals surface area contributed by atoms with Gasteiger partial charge >= 0.3 is 0 Å². The molecule has 1 amide bonds. The second kappa shape index (κ2) is 6.22. The molecule has 0 saturated carbocycles. The Hall–Kier alpha value is -1.95. The summed E-state index contributed by atoms with van der Waals surface area (Å²) in [5, 5.41) is 6.89. The third-order valence-corrected chi connectivity index (χ3v) is 4.53. The number of para-hydroxylation sites is 2. The van der Waals surface area contributed by atoms with E-state index in [1.54, 1.807) is 6.92 Å². The van der Waals surface area contributed by atoms with E-state index in [9.17, 15) is 4.79 Å². The van der Waals surface area contributed by atoms with E-state index < -0.39 is 0 Å². The van der Waals surface area contributed by atoms with Gasteiger partial charge in [0.2, 0.25) is 0 Å². The average molecular weight is 302 g/mol. The molecule has 110 valence electrons. The fraction of sp³-hybridized carbons (Fsp3) is 0.400. The molecule has 0 radical (unpaired) electrons. The Balaban J connectivity index is 1.82. The van der Waals surface area contributed by atoms with E-state index in [0.29, 0.717) is 10.6 Å². The lowest BCUT2D eigenvalue weighted by Crippen LogP contribution is -2.30. The topological polar surface area (TPSA) is 58.1 Å². The molecule has 1 saturated heterocycles. The predicted octanol–water partition coefficient (Wildman–Crippen LogP) is 3.09. The van der Waals surface area contributed by atoms with Crippen LogP contribution in [0.4, 0.5) is 11.4 Å². The van der Waals surface area contributed by atoms with Gasteiger partial charge in [-0.2, -0.15) is 0 Å². The summed E-state index contributed by atoms with van der Waals surface area (Å²) in [5.74, 6) is -0.132. The SMILES string of the molecule is Cc1nnsc1C(=O)Nc1ccccc1N1CCCCC1. The highest BCUT2D eigenvalue weighted by Crippen LogP contribution is 2.28. The fourth-order valence-electron chi connectivity index (χ4n) is 2.61. The van der Waals surface area contributed by atoms with Crippen LogP contribution in [-0.4, -0.2) is 28.6 Å². The van der Waals surface area contributed by atoms with Gasteiger partial charge < -0.3 is 10.2 Å². The van der Waals surface area contributed by atoms with E-state index in [1.165, 1.54) is 19.3 Å². The molecule has 6 heteroatoms. The van der Waals surface area contributed by atoms with Crippen LogP contribution < -0.4 is 10.2 Å². The minimum absolute atomic E-state index is 0.132. The second-order valence-electron chi connectivity index (χ2n) is 5.21. The van der Waals surface area contributed by atoms with Gasteiger partial charge in [0.1, 0.15) is 4.88 Å². The normalized spacial score (nSPS) is 15.0. The average Bonchev–Trinajstić information content (AvgIpc) is 2.95. The lowest BCUT2D eigenvalue weighted by atomic mass is 10.1. The van der Waals surface area contributed by atoms with Gasteiger partial charge in [-0.05, 0) is 49.9 Å². The molecule has 0 unspecified atom stereocenters. The van der Waals surface area contributed by atoms with Gasteiger partial charge in [-0.3, -0.25) is 4.79 Å². The Morgan fingerprint density at radius 3 is 2.71 bits per heavy atom. The molecule has 0 atom stereocenters. The molecule has 1 aliphatic rings. The molecular weight excluding hydrogens is 284 g/mol. The summed E-state index contributed by atoms with van der Waals surface area (Å²) in [4.78, 5) is 15.2. The van der Waals surface area contributed by atoms with Crippen LogP contribution in [0.2, 0.25) is 0 Å². The van der Waals surface area contributed by atoms with Gasteiger partial charge in [0.25, 0.3) is 5.91 Å². The number of aromatic nitrogens is 2. The molecule has 5 nitrogen and oxygen atoms in total. The number of benzene rings is 1. The number of hydrogen-bond acceptors (Lipinski definition) is 5. The van der Waals surface area contributed by atoms with E-state index in [2.05, 4.69) is 25.9 Å². The van der Waals surface area contributed by atoms with E-state index in [-0.39, 0.29) is 5.91 Å². The van der Waals surface area contributed by atoms with Crippen molar-refractivity contribution in [3.05, 3.63) is 34.8 Å². The summed E-state index contributed by atoms with van der Waals surface area (Å²) in [6.45, 7) is 3.90. The fourth-order valence-corrected chi connectivity index (χ4v) is 3.16. The van der Waals surface area contributed by atoms with Crippen molar-refractivity contribution in [2.45, 2.75) is 26.2 Å². The Bertz CT molecular complexity index is 634. The summed E-state index contributed by atoms with van der Waals surface area (Å²) in [7, 11) is 0. The van der Waals surface area contributed by atoms with E-state index >= 15 is 0 Å². The summed E-state index contributed by atoms with van der Waals surface area (Å²) in [6, 6.07) is 7.98. The number of carbonyl (C=O) groups excluding carboxylic acids is 1. The first kappa shape index (κ1) is 14.0. The highest BCUT2D eigenvalue weighted by Gasteiger charge is 2.18.